The molecule has 2 aliphatic rings. The van der Waals surface area contributed by atoms with Gasteiger partial charge in [-0.25, -0.2) is 9.50 Å². The van der Waals surface area contributed by atoms with Crippen LogP contribution in [0.25, 0.3) is 5.52 Å². The molecule has 2 fully saturated rings. The van der Waals surface area contributed by atoms with Crippen molar-refractivity contribution in [2.24, 2.45) is 0 Å². The van der Waals surface area contributed by atoms with Crippen LogP contribution in [0.15, 0.2) is 12.3 Å². The van der Waals surface area contributed by atoms with Crippen LogP contribution in [-0.4, -0.2) is 63.9 Å². The van der Waals surface area contributed by atoms with Gasteiger partial charge in [-0.05, 0) is 66.4 Å². The second kappa shape index (κ2) is 8.35. The largest absolute Gasteiger partial charge is 0.497 e. The van der Waals surface area contributed by atoms with E-state index >= 15 is 0 Å². The first-order valence-electron chi connectivity index (χ1n) is 11.3. The van der Waals surface area contributed by atoms with Crippen molar-refractivity contribution < 1.29 is 19.2 Å². The van der Waals surface area contributed by atoms with Gasteiger partial charge in [-0.2, -0.15) is 0 Å². The van der Waals surface area contributed by atoms with Gasteiger partial charge in [-0.15, -0.1) is 5.10 Å². The van der Waals surface area contributed by atoms with E-state index in [4.69, 9.17) is 19.1 Å². The Balaban J connectivity index is 1.73. The van der Waals surface area contributed by atoms with Crippen molar-refractivity contribution in [2.75, 3.05) is 19.0 Å². The minimum Gasteiger partial charge on any atom is -0.399 e. The molecule has 0 aromatic carbocycles. The van der Waals surface area contributed by atoms with Crippen LogP contribution < -0.4 is 10.8 Å². The number of aromatic nitrogens is 3. The molecular formula is C22H35BN4O4. The number of rotatable bonds is 6. The van der Waals surface area contributed by atoms with E-state index in [-0.39, 0.29) is 12.1 Å². The van der Waals surface area contributed by atoms with E-state index in [2.05, 4.69) is 44.1 Å². The second-order valence-corrected chi connectivity index (χ2v) is 10.00. The van der Waals surface area contributed by atoms with Gasteiger partial charge in [0.2, 0.25) is 5.95 Å². The van der Waals surface area contributed by atoms with Gasteiger partial charge in [0.25, 0.3) is 0 Å². The highest BCUT2D eigenvalue weighted by Crippen LogP contribution is 2.38. The van der Waals surface area contributed by atoms with Crippen molar-refractivity contribution in [1.82, 2.24) is 14.6 Å². The van der Waals surface area contributed by atoms with Gasteiger partial charge in [-0.3, -0.25) is 0 Å². The highest BCUT2D eigenvalue weighted by atomic mass is 16.7. The summed E-state index contributed by atoms with van der Waals surface area (Å²) in [6.07, 6.45) is 5.13. The molecule has 3 heterocycles. The molecule has 1 aliphatic carbocycles. The molecule has 2 N–H and O–H groups in total. The Bertz CT molecular complexity index is 908. The SMILES string of the molecule is COCC(C)Nc1ncc2c(B3OC(C)(C)C(C)(C)O3)cc([C@H]3CC[C@H](O)CC3)n2n1. The third kappa shape index (κ3) is 4.33. The van der Waals surface area contributed by atoms with Crippen LogP contribution in [0.3, 0.4) is 0 Å². The van der Waals surface area contributed by atoms with Crippen molar-refractivity contribution in [3.05, 3.63) is 18.0 Å². The minimum atomic E-state index is -0.474. The number of hydrogen-bond donors (Lipinski definition) is 2. The Morgan fingerprint density at radius 1 is 1.23 bits per heavy atom. The summed E-state index contributed by atoms with van der Waals surface area (Å²) >= 11 is 0. The molecule has 0 radical (unpaired) electrons. The molecule has 4 rings (SSSR count). The van der Waals surface area contributed by atoms with Crippen molar-refractivity contribution >= 4 is 24.0 Å². The summed E-state index contributed by atoms with van der Waals surface area (Å²) < 4.78 is 19.9. The molecule has 1 atom stereocenters. The summed E-state index contributed by atoms with van der Waals surface area (Å²) in [6.45, 7) is 10.8. The van der Waals surface area contributed by atoms with Gasteiger partial charge in [0.05, 0.1) is 35.6 Å². The lowest BCUT2D eigenvalue weighted by Crippen LogP contribution is -2.41. The van der Waals surface area contributed by atoms with Gasteiger partial charge in [-0.1, -0.05) is 0 Å². The minimum absolute atomic E-state index is 0.0915. The lowest BCUT2D eigenvalue weighted by molar-refractivity contribution is 0.00578. The van der Waals surface area contributed by atoms with E-state index in [9.17, 15) is 5.11 Å². The van der Waals surface area contributed by atoms with Crippen LogP contribution in [0.4, 0.5) is 5.95 Å². The van der Waals surface area contributed by atoms with Crippen molar-refractivity contribution in [1.29, 1.82) is 0 Å². The maximum Gasteiger partial charge on any atom is 0.497 e. The van der Waals surface area contributed by atoms with Crippen LogP contribution in [0.2, 0.25) is 0 Å². The van der Waals surface area contributed by atoms with Crippen LogP contribution in [0.5, 0.6) is 0 Å². The fourth-order valence-corrected chi connectivity index (χ4v) is 4.44. The summed E-state index contributed by atoms with van der Waals surface area (Å²) in [7, 11) is 1.21. The van der Waals surface area contributed by atoms with Gasteiger partial charge in [0.1, 0.15) is 0 Å². The molecule has 0 amide bonds. The number of nitrogens with zero attached hydrogens (tertiary/aromatic N) is 3. The summed E-state index contributed by atoms with van der Waals surface area (Å²) in [4.78, 5) is 4.55. The lowest BCUT2D eigenvalue weighted by atomic mass is 9.78. The van der Waals surface area contributed by atoms with E-state index in [0.717, 1.165) is 42.4 Å². The molecule has 9 heteroatoms. The van der Waals surface area contributed by atoms with Gasteiger partial charge < -0.3 is 24.5 Å². The molecule has 170 valence electrons. The Morgan fingerprint density at radius 2 is 1.87 bits per heavy atom. The zero-order valence-electron chi connectivity index (χ0n) is 19.5. The van der Waals surface area contributed by atoms with Gasteiger partial charge in [0, 0.05) is 30.2 Å². The molecule has 1 saturated carbocycles. The predicted octanol–water partition coefficient (Wildman–Crippen LogP) is 2.49. The molecular weight excluding hydrogens is 395 g/mol. The zero-order chi connectivity index (χ0) is 22.4. The van der Waals surface area contributed by atoms with Crippen LogP contribution in [0, 0.1) is 0 Å². The number of aliphatic hydroxyl groups is 1. The summed E-state index contributed by atoms with van der Waals surface area (Å²) in [6, 6.07) is 2.26. The van der Waals surface area contributed by atoms with Crippen molar-refractivity contribution in [3.8, 4) is 0 Å². The number of anilines is 1. The van der Waals surface area contributed by atoms with E-state index in [0.29, 0.717) is 18.5 Å². The van der Waals surface area contributed by atoms with E-state index in [1.165, 1.54) is 0 Å². The number of aliphatic hydroxyl groups excluding tert-OH is 1. The quantitative estimate of drug-likeness (QED) is 0.681. The number of hydrogen-bond acceptors (Lipinski definition) is 7. The first-order chi connectivity index (χ1) is 14.6. The average molecular weight is 430 g/mol. The second-order valence-electron chi connectivity index (χ2n) is 10.00. The number of methoxy groups -OCH3 is 1. The Hall–Kier alpha value is -1.68. The summed E-state index contributed by atoms with van der Waals surface area (Å²) in [5.74, 6) is 0.886. The summed E-state index contributed by atoms with van der Waals surface area (Å²) in [5, 5.41) is 18.1. The Kier molecular flexibility index (Phi) is 6.07. The molecule has 0 bridgehead atoms. The topological polar surface area (TPSA) is 90.1 Å². The third-order valence-corrected chi connectivity index (χ3v) is 6.99. The van der Waals surface area contributed by atoms with Crippen LogP contribution in [0.1, 0.15) is 71.9 Å². The number of fused-ring (bicyclic) bond motifs is 1. The summed E-state index contributed by atoms with van der Waals surface area (Å²) in [5.41, 5.74) is 2.13. The number of nitrogens with one attached hydrogen (secondary N) is 1. The number of ether oxygens (including phenoxy) is 1. The molecule has 31 heavy (non-hydrogen) atoms. The van der Waals surface area contributed by atoms with Crippen LogP contribution in [-0.2, 0) is 14.0 Å². The average Bonchev–Trinajstić information content (AvgIpc) is 3.16. The monoisotopic (exact) mass is 430 g/mol. The molecule has 1 unspecified atom stereocenters. The third-order valence-electron chi connectivity index (χ3n) is 6.99. The fourth-order valence-electron chi connectivity index (χ4n) is 4.44. The molecule has 8 nitrogen and oxygen atoms in total. The molecule has 1 aliphatic heterocycles. The Morgan fingerprint density at radius 3 is 2.48 bits per heavy atom. The molecule has 2 aromatic rings. The van der Waals surface area contributed by atoms with E-state index in [1.54, 1.807) is 7.11 Å². The first kappa shape index (κ1) is 22.5. The smallest absolute Gasteiger partial charge is 0.399 e. The lowest BCUT2D eigenvalue weighted by Gasteiger charge is -2.32. The van der Waals surface area contributed by atoms with Crippen molar-refractivity contribution in [3.63, 3.8) is 0 Å². The van der Waals surface area contributed by atoms with Crippen LogP contribution >= 0.6 is 0 Å². The van der Waals surface area contributed by atoms with E-state index in [1.807, 2.05) is 17.6 Å². The van der Waals surface area contributed by atoms with E-state index < -0.39 is 18.3 Å². The highest BCUT2D eigenvalue weighted by molar-refractivity contribution is 6.64. The fraction of sp³-hybridized carbons (Fsp3) is 0.727. The predicted molar refractivity (Wildman–Crippen MR) is 121 cm³/mol. The standard InChI is InChI=1S/C22H35BN4O4/c1-14(13-29-6)25-20-24-12-19-17(23-30-21(2,3)22(4,5)31-23)11-18(27(19)26-20)15-7-9-16(28)10-8-15/h11-12,14-16,28H,7-10,13H2,1-6H3,(H,25,26)/t14?,15-,16-. The Labute approximate surface area is 184 Å². The van der Waals surface area contributed by atoms with Gasteiger partial charge >= 0.3 is 7.12 Å². The first-order valence-corrected chi connectivity index (χ1v) is 11.3. The maximum atomic E-state index is 9.98. The zero-order valence-corrected chi connectivity index (χ0v) is 19.5. The normalized spacial score (nSPS) is 26.4. The molecule has 2 aromatic heterocycles. The highest BCUT2D eigenvalue weighted by Gasteiger charge is 2.52. The van der Waals surface area contributed by atoms with Crippen molar-refractivity contribution in [2.45, 2.75) is 89.6 Å². The van der Waals surface area contributed by atoms with Gasteiger partial charge in [0.15, 0.2) is 0 Å². The molecule has 0 spiro atoms. The maximum absolute atomic E-state index is 9.98. The molecule has 1 saturated heterocycles.